The molecule has 0 unspecified atom stereocenters. The Morgan fingerprint density at radius 1 is 1.33 bits per heavy atom. The molecule has 4 nitrogen and oxygen atoms in total. The van der Waals surface area contributed by atoms with Crippen LogP contribution < -0.4 is 10.1 Å². The summed E-state index contributed by atoms with van der Waals surface area (Å²) in [7, 11) is 0. The third-order valence-electron chi connectivity index (χ3n) is 2.19. The van der Waals surface area contributed by atoms with Crippen LogP contribution in [0.15, 0.2) is 0 Å². The lowest BCUT2D eigenvalue weighted by molar-refractivity contribution is 0.104. The van der Waals surface area contributed by atoms with Gasteiger partial charge in [0, 0.05) is 6.54 Å². The Labute approximate surface area is 95.1 Å². The van der Waals surface area contributed by atoms with Crippen molar-refractivity contribution in [3.63, 3.8) is 0 Å². The van der Waals surface area contributed by atoms with E-state index in [0.717, 1.165) is 24.5 Å². The maximum Gasteiger partial charge on any atom is 0.294 e. The Morgan fingerprint density at radius 2 is 2.07 bits per heavy atom. The number of nitrogens with one attached hydrogen (secondary N) is 1. The molecular weight excluding hydrogens is 210 g/mol. The molecule has 0 saturated carbocycles. The summed E-state index contributed by atoms with van der Waals surface area (Å²) >= 11 is 1.51. The average Bonchev–Trinajstić information content (AvgIpc) is 2.62. The molecule has 0 saturated heterocycles. The van der Waals surface area contributed by atoms with Crippen LogP contribution in [0, 0.1) is 0 Å². The van der Waals surface area contributed by atoms with Crippen molar-refractivity contribution in [3.8, 4) is 5.19 Å². The molecule has 1 rings (SSSR count). The fourth-order valence-corrected chi connectivity index (χ4v) is 1.70. The van der Waals surface area contributed by atoms with Gasteiger partial charge >= 0.3 is 0 Å². The van der Waals surface area contributed by atoms with Crippen molar-refractivity contribution in [1.82, 2.24) is 15.5 Å². The van der Waals surface area contributed by atoms with Gasteiger partial charge in [0.05, 0.1) is 0 Å². The van der Waals surface area contributed by atoms with Gasteiger partial charge in [-0.25, -0.2) is 0 Å². The largest absolute Gasteiger partial charge is 0.463 e. The molecule has 0 aromatic carbocycles. The first-order valence-corrected chi connectivity index (χ1v) is 6.11. The van der Waals surface area contributed by atoms with Crippen LogP contribution in [0.2, 0.25) is 0 Å². The number of aromatic nitrogens is 2. The minimum absolute atomic E-state index is 0.158. The first-order chi connectivity index (χ1) is 7.07. The van der Waals surface area contributed by atoms with Gasteiger partial charge in [0.15, 0.2) is 0 Å². The van der Waals surface area contributed by atoms with E-state index in [1.165, 1.54) is 11.3 Å². The topological polar surface area (TPSA) is 47.0 Å². The van der Waals surface area contributed by atoms with Gasteiger partial charge < -0.3 is 10.1 Å². The molecule has 0 aliphatic rings. The van der Waals surface area contributed by atoms with Crippen LogP contribution in [-0.4, -0.2) is 22.3 Å². The van der Waals surface area contributed by atoms with Gasteiger partial charge in [0.1, 0.15) is 10.6 Å². The minimum atomic E-state index is -0.158. The van der Waals surface area contributed by atoms with Crippen molar-refractivity contribution in [3.05, 3.63) is 5.01 Å². The van der Waals surface area contributed by atoms with Crippen LogP contribution in [-0.2, 0) is 6.54 Å². The summed E-state index contributed by atoms with van der Waals surface area (Å²) in [5.74, 6) is 0. The van der Waals surface area contributed by atoms with Gasteiger partial charge in [0.2, 0.25) is 0 Å². The Hall–Kier alpha value is -0.680. The Morgan fingerprint density at radius 3 is 2.67 bits per heavy atom. The Balaban J connectivity index is 2.52. The van der Waals surface area contributed by atoms with Gasteiger partial charge in [-0.3, -0.25) is 0 Å². The summed E-state index contributed by atoms with van der Waals surface area (Å²) in [5.41, 5.74) is -0.158. The van der Waals surface area contributed by atoms with Crippen molar-refractivity contribution in [2.75, 3.05) is 6.54 Å². The molecule has 1 N–H and O–H groups in total. The SMILES string of the molecule is CCNCc1nnc(OC(C)(C)CC)s1. The van der Waals surface area contributed by atoms with E-state index < -0.39 is 0 Å². The molecule has 15 heavy (non-hydrogen) atoms. The lowest BCUT2D eigenvalue weighted by Crippen LogP contribution is -2.26. The van der Waals surface area contributed by atoms with Gasteiger partial charge in [-0.05, 0) is 26.8 Å². The maximum absolute atomic E-state index is 5.73. The van der Waals surface area contributed by atoms with E-state index in [9.17, 15) is 0 Å². The minimum Gasteiger partial charge on any atom is -0.463 e. The van der Waals surface area contributed by atoms with Crippen molar-refractivity contribution < 1.29 is 4.74 Å². The second kappa shape index (κ2) is 5.42. The molecule has 0 atom stereocenters. The normalized spacial score (nSPS) is 11.7. The molecule has 0 amide bonds. The molecule has 0 spiro atoms. The van der Waals surface area contributed by atoms with Crippen molar-refractivity contribution >= 4 is 11.3 Å². The summed E-state index contributed by atoms with van der Waals surface area (Å²) < 4.78 is 5.73. The van der Waals surface area contributed by atoms with E-state index in [1.54, 1.807) is 0 Å². The highest BCUT2D eigenvalue weighted by Crippen LogP contribution is 2.24. The van der Waals surface area contributed by atoms with E-state index >= 15 is 0 Å². The molecule has 0 radical (unpaired) electrons. The van der Waals surface area contributed by atoms with Crippen molar-refractivity contribution in [2.24, 2.45) is 0 Å². The summed E-state index contributed by atoms with van der Waals surface area (Å²) in [6, 6.07) is 0. The first-order valence-electron chi connectivity index (χ1n) is 5.29. The Bertz CT molecular complexity index is 299. The maximum atomic E-state index is 5.73. The fourth-order valence-electron chi connectivity index (χ4n) is 0.891. The highest BCUT2D eigenvalue weighted by Gasteiger charge is 2.19. The van der Waals surface area contributed by atoms with Gasteiger partial charge in [-0.15, -0.1) is 5.10 Å². The van der Waals surface area contributed by atoms with Gasteiger partial charge in [-0.1, -0.05) is 30.3 Å². The lowest BCUT2D eigenvalue weighted by atomic mass is 10.1. The highest BCUT2D eigenvalue weighted by molar-refractivity contribution is 7.13. The second-order valence-electron chi connectivity index (χ2n) is 3.96. The highest BCUT2D eigenvalue weighted by atomic mass is 32.1. The zero-order chi connectivity index (χ0) is 11.3. The summed E-state index contributed by atoms with van der Waals surface area (Å²) in [5, 5.41) is 12.9. The molecule has 0 aliphatic heterocycles. The predicted molar refractivity (Wildman–Crippen MR) is 62.3 cm³/mol. The molecule has 0 bridgehead atoms. The molecule has 1 aromatic rings. The number of rotatable bonds is 6. The van der Waals surface area contributed by atoms with E-state index in [4.69, 9.17) is 4.74 Å². The van der Waals surface area contributed by atoms with Gasteiger partial charge in [-0.2, -0.15) is 0 Å². The third-order valence-corrected chi connectivity index (χ3v) is 2.99. The zero-order valence-electron chi connectivity index (χ0n) is 9.83. The summed E-state index contributed by atoms with van der Waals surface area (Å²) in [6.07, 6.45) is 0.953. The molecule has 86 valence electrons. The number of hydrogen-bond donors (Lipinski definition) is 1. The summed E-state index contributed by atoms with van der Waals surface area (Å²) in [6.45, 7) is 9.98. The van der Waals surface area contributed by atoms with Gasteiger partial charge in [0.25, 0.3) is 5.19 Å². The van der Waals surface area contributed by atoms with E-state index in [-0.39, 0.29) is 5.60 Å². The van der Waals surface area contributed by atoms with E-state index in [0.29, 0.717) is 5.19 Å². The van der Waals surface area contributed by atoms with Crippen molar-refractivity contribution in [1.29, 1.82) is 0 Å². The quantitative estimate of drug-likeness (QED) is 0.812. The van der Waals surface area contributed by atoms with Crippen molar-refractivity contribution in [2.45, 2.75) is 46.3 Å². The van der Waals surface area contributed by atoms with E-state index in [2.05, 4.69) is 43.2 Å². The van der Waals surface area contributed by atoms with Crippen LogP contribution >= 0.6 is 11.3 Å². The average molecular weight is 229 g/mol. The predicted octanol–water partition coefficient (Wildman–Crippen LogP) is 2.21. The first kappa shape index (κ1) is 12.4. The molecule has 1 aromatic heterocycles. The monoisotopic (exact) mass is 229 g/mol. The third kappa shape index (κ3) is 4.13. The van der Waals surface area contributed by atoms with Crippen LogP contribution in [0.4, 0.5) is 0 Å². The molecule has 5 heteroatoms. The van der Waals surface area contributed by atoms with Crippen LogP contribution in [0.3, 0.4) is 0 Å². The molecule has 0 aliphatic carbocycles. The molecule has 0 fully saturated rings. The van der Waals surface area contributed by atoms with E-state index in [1.807, 2.05) is 0 Å². The smallest absolute Gasteiger partial charge is 0.294 e. The Kier molecular flexibility index (Phi) is 4.47. The lowest BCUT2D eigenvalue weighted by Gasteiger charge is -2.22. The number of hydrogen-bond acceptors (Lipinski definition) is 5. The van der Waals surface area contributed by atoms with Crippen LogP contribution in [0.1, 0.15) is 39.1 Å². The molecule has 1 heterocycles. The number of ether oxygens (including phenoxy) is 1. The fraction of sp³-hybridized carbons (Fsp3) is 0.800. The van der Waals surface area contributed by atoms with Crippen LogP contribution in [0.5, 0.6) is 5.19 Å². The second-order valence-corrected chi connectivity index (χ2v) is 4.98. The number of nitrogens with zero attached hydrogens (tertiary/aromatic N) is 2. The molecular formula is C10H19N3OS. The standard InChI is InChI=1S/C10H19N3OS/c1-5-10(3,4)14-9-13-12-8(15-9)7-11-6-2/h11H,5-7H2,1-4H3. The van der Waals surface area contributed by atoms with Crippen LogP contribution in [0.25, 0.3) is 0 Å². The zero-order valence-corrected chi connectivity index (χ0v) is 10.6. The summed E-state index contributed by atoms with van der Waals surface area (Å²) in [4.78, 5) is 0.